The highest BCUT2D eigenvalue weighted by atomic mass is 16.4. The molecule has 4 heteroatoms. The lowest BCUT2D eigenvalue weighted by Crippen LogP contribution is -2.23. The molecule has 1 aliphatic rings. The summed E-state index contributed by atoms with van der Waals surface area (Å²) in [6.45, 7) is 7.76. The topological polar surface area (TPSA) is 74.6 Å². The zero-order chi connectivity index (χ0) is 19.5. The van der Waals surface area contributed by atoms with Gasteiger partial charge in [0, 0.05) is 0 Å². The maximum absolute atomic E-state index is 11.3. The van der Waals surface area contributed by atoms with Crippen LogP contribution in [0.1, 0.15) is 74.6 Å². The van der Waals surface area contributed by atoms with Crippen molar-refractivity contribution in [3.05, 3.63) is 34.4 Å². The second-order valence-electron chi connectivity index (χ2n) is 8.70. The number of aliphatic carboxylic acids is 2. The number of hydrogen-bond acceptors (Lipinski definition) is 2. The van der Waals surface area contributed by atoms with Crippen LogP contribution in [0.4, 0.5) is 0 Å². The first-order chi connectivity index (χ1) is 12.1. The Hall–Kier alpha value is -1.84. The second-order valence-corrected chi connectivity index (χ2v) is 8.70. The van der Waals surface area contributed by atoms with Crippen LogP contribution in [0.5, 0.6) is 0 Å². The molecule has 0 bridgehead atoms. The molecule has 0 saturated heterocycles. The van der Waals surface area contributed by atoms with Crippen LogP contribution in [0.3, 0.4) is 0 Å². The Morgan fingerprint density at radius 3 is 2.27 bits per heavy atom. The lowest BCUT2D eigenvalue weighted by molar-refractivity contribution is -0.147. The molecule has 2 rings (SSSR count). The summed E-state index contributed by atoms with van der Waals surface area (Å²) in [6.07, 6.45) is 6.53. The van der Waals surface area contributed by atoms with Crippen LogP contribution in [-0.2, 0) is 22.4 Å². The molecule has 1 aromatic rings. The fourth-order valence-electron chi connectivity index (χ4n) is 3.82. The summed E-state index contributed by atoms with van der Waals surface area (Å²) in [5.41, 5.74) is 3.95. The van der Waals surface area contributed by atoms with Crippen LogP contribution in [0.15, 0.2) is 12.1 Å². The van der Waals surface area contributed by atoms with Gasteiger partial charge in [-0.25, -0.2) is 0 Å². The molecule has 0 amide bonds. The van der Waals surface area contributed by atoms with Gasteiger partial charge in [0.15, 0.2) is 0 Å². The van der Waals surface area contributed by atoms with Crippen molar-refractivity contribution in [2.45, 2.75) is 79.1 Å². The summed E-state index contributed by atoms with van der Waals surface area (Å²) < 4.78 is 0. The van der Waals surface area contributed by atoms with Gasteiger partial charge in [0.05, 0.1) is 10.8 Å². The Kier molecular flexibility index (Phi) is 6.15. The number of carboxylic acids is 2. The number of aryl methyl sites for hydroxylation is 3. The Bertz CT molecular complexity index is 684. The van der Waals surface area contributed by atoms with Crippen molar-refractivity contribution in [1.29, 1.82) is 0 Å². The third kappa shape index (κ3) is 4.87. The van der Waals surface area contributed by atoms with Crippen molar-refractivity contribution in [2.75, 3.05) is 0 Å². The van der Waals surface area contributed by atoms with E-state index in [1.807, 2.05) is 0 Å². The van der Waals surface area contributed by atoms with E-state index in [9.17, 15) is 19.8 Å². The van der Waals surface area contributed by atoms with E-state index < -0.39 is 22.8 Å². The highest BCUT2D eigenvalue weighted by Crippen LogP contribution is 2.50. The minimum absolute atomic E-state index is 0.454. The largest absolute Gasteiger partial charge is 0.481 e. The second kappa shape index (κ2) is 7.81. The summed E-state index contributed by atoms with van der Waals surface area (Å²) in [5, 5.41) is 18.6. The molecule has 1 fully saturated rings. The Balaban J connectivity index is 2.01. The Labute approximate surface area is 156 Å². The van der Waals surface area contributed by atoms with Gasteiger partial charge in [-0.15, -0.1) is 0 Å². The molecule has 1 aliphatic carbocycles. The van der Waals surface area contributed by atoms with E-state index in [1.54, 1.807) is 13.8 Å². The van der Waals surface area contributed by atoms with E-state index in [0.29, 0.717) is 6.42 Å². The van der Waals surface area contributed by atoms with Crippen molar-refractivity contribution in [3.8, 4) is 0 Å². The van der Waals surface area contributed by atoms with Gasteiger partial charge in [-0.2, -0.15) is 0 Å². The summed E-state index contributed by atoms with van der Waals surface area (Å²) in [4.78, 5) is 22.6. The first-order valence-corrected chi connectivity index (χ1v) is 9.63. The molecule has 0 radical (unpaired) electrons. The molecule has 0 atom stereocenters. The minimum Gasteiger partial charge on any atom is -0.481 e. The first kappa shape index (κ1) is 20.5. The molecule has 1 aromatic carbocycles. The van der Waals surface area contributed by atoms with Gasteiger partial charge in [-0.1, -0.05) is 17.7 Å². The van der Waals surface area contributed by atoms with Crippen LogP contribution in [0.2, 0.25) is 0 Å². The quantitative estimate of drug-likeness (QED) is 0.621. The molecule has 4 nitrogen and oxygen atoms in total. The van der Waals surface area contributed by atoms with E-state index in [2.05, 4.69) is 26.0 Å². The molecule has 144 valence electrons. The zero-order valence-corrected chi connectivity index (χ0v) is 16.5. The molecular formula is C22H32O4. The van der Waals surface area contributed by atoms with Gasteiger partial charge in [0.2, 0.25) is 0 Å². The Morgan fingerprint density at radius 2 is 1.73 bits per heavy atom. The molecule has 0 heterocycles. The predicted molar refractivity (Wildman–Crippen MR) is 103 cm³/mol. The minimum atomic E-state index is -0.748. The van der Waals surface area contributed by atoms with Crippen LogP contribution in [-0.4, -0.2) is 22.2 Å². The maximum atomic E-state index is 11.3. The normalized spacial score (nSPS) is 15.7. The summed E-state index contributed by atoms with van der Waals surface area (Å²) >= 11 is 0. The third-order valence-electron chi connectivity index (χ3n) is 5.93. The molecule has 0 spiro atoms. The van der Waals surface area contributed by atoms with Crippen LogP contribution in [0.25, 0.3) is 0 Å². The van der Waals surface area contributed by atoms with Gasteiger partial charge in [0.1, 0.15) is 0 Å². The SMILES string of the molecule is Cc1cc(C)c(CCCC(C)(C)C(=O)O)c(CCCC2(C(=O)O)CC2)c1. The lowest BCUT2D eigenvalue weighted by atomic mass is 9.84. The molecule has 0 aliphatic heterocycles. The molecule has 0 aromatic heterocycles. The fraction of sp³-hybridized carbons (Fsp3) is 0.636. The van der Waals surface area contributed by atoms with Crippen LogP contribution < -0.4 is 0 Å². The third-order valence-corrected chi connectivity index (χ3v) is 5.93. The molecule has 1 saturated carbocycles. The molecule has 26 heavy (non-hydrogen) atoms. The number of carbonyl (C=O) groups is 2. The molecule has 0 unspecified atom stereocenters. The zero-order valence-electron chi connectivity index (χ0n) is 16.5. The van der Waals surface area contributed by atoms with Crippen molar-refractivity contribution < 1.29 is 19.8 Å². The number of benzene rings is 1. The lowest BCUT2D eigenvalue weighted by Gasteiger charge is -2.20. The monoisotopic (exact) mass is 360 g/mol. The average Bonchev–Trinajstić information content (AvgIpc) is 3.30. The number of hydrogen-bond donors (Lipinski definition) is 2. The van der Waals surface area contributed by atoms with E-state index in [1.165, 1.54) is 22.3 Å². The number of carboxylic acid groups (broad SMARTS) is 2. The maximum Gasteiger partial charge on any atom is 0.309 e. The van der Waals surface area contributed by atoms with E-state index in [0.717, 1.165) is 44.9 Å². The standard InChI is InChI=1S/C22H32O4/c1-15-13-16(2)18(8-6-9-21(3,4)19(23)24)17(14-15)7-5-10-22(11-12-22)20(25)26/h13-14H,5-12H2,1-4H3,(H,23,24)(H,25,26). The van der Waals surface area contributed by atoms with E-state index >= 15 is 0 Å². The van der Waals surface area contributed by atoms with Gasteiger partial charge in [-0.3, -0.25) is 9.59 Å². The predicted octanol–water partition coefficient (Wildman–Crippen LogP) is 4.92. The van der Waals surface area contributed by atoms with Crippen molar-refractivity contribution in [1.82, 2.24) is 0 Å². The van der Waals surface area contributed by atoms with Crippen molar-refractivity contribution in [3.63, 3.8) is 0 Å². The molecule has 2 N–H and O–H groups in total. The average molecular weight is 360 g/mol. The fourth-order valence-corrected chi connectivity index (χ4v) is 3.82. The van der Waals surface area contributed by atoms with Gasteiger partial charge in [0.25, 0.3) is 0 Å². The van der Waals surface area contributed by atoms with Crippen molar-refractivity contribution >= 4 is 11.9 Å². The van der Waals surface area contributed by atoms with Crippen LogP contribution in [0, 0.1) is 24.7 Å². The summed E-state index contributed by atoms with van der Waals surface area (Å²) in [6, 6.07) is 4.39. The highest BCUT2D eigenvalue weighted by Gasteiger charge is 2.49. The molecular weight excluding hydrogens is 328 g/mol. The van der Waals surface area contributed by atoms with Gasteiger partial charge in [-0.05, 0) is 95.8 Å². The highest BCUT2D eigenvalue weighted by molar-refractivity contribution is 5.77. The van der Waals surface area contributed by atoms with Gasteiger partial charge < -0.3 is 10.2 Å². The van der Waals surface area contributed by atoms with E-state index in [-0.39, 0.29) is 0 Å². The number of rotatable bonds is 10. The van der Waals surface area contributed by atoms with Gasteiger partial charge >= 0.3 is 11.9 Å². The smallest absolute Gasteiger partial charge is 0.309 e. The summed E-state index contributed by atoms with van der Waals surface area (Å²) in [5.74, 6) is -1.39. The van der Waals surface area contributed by atoms with Crippen molar-refractivity contribution in [2.24, 2.45) is 10.8 Å². The Morgan fingerprint density at radius 1 is 1.08 bits per heavy atom. The summed E-state index contributed by atoms with van der Waals surface area (Å²) in [7, 11) is 0. The first-order valence-electron chi connectivity index (χ1n) is 9.63. The van der Waals surface area contributed by atoms with E-state index in [4.69, 9.17) is 0 Å². The van der Waals surface area contributed by atoms with Crippen LogP contribution >= 0.6 is 0 Å².